The third-order valence-electron chi connectivity index (χ3n) is 4.17. The van der Waals surface area contributed by atoms with Crippen LogP contribution in [0.25, 0.3) is 11.3 Å². The Bertz CT molecular complexity index is 661. The summed E-state index contributed by atoms with van der Waals surface area (Å²) in [4.78, 5) is 0. The number of nitrogens with zero attached hydrogens (tertiary/aromatic N) is 3. The predicted octanol–water partition coefficient (Wildman–Crippen LogP) is 0.0540. The van der Waals surface area contributed by atoms with Gasteiger partial charge in [0.05, 0.1) is 37.6 Å². The predicted molar refractivity (Wildman–Crippen MR) is 91.3 cm³/mol. The van der Waals surface area contributed by atoms with Gasteiger partial charge in [-0.1, -0.05) is 5.21 Å². The van der Waals surface area contributed by atoms with Crippen LogP contribution in [0, 0.1) is 0 Å². The van der Waals surface area contributed by atoms with Crippen molar-refractivity contribution in [1.82, 2.24) is 20.3 Å². The third kappa shape index (κ3) is 4.55. The Morgan fingerprint density at radius 3 is 2.72 bits per heavy atom. The topological polar surface area (TPSA) is 102 Å². The quantitative estimate of drug-likeness (QED) is 0.580. The Hall–Kier alpha value is -2.00. The number of aliphatic hydroxyl groups is 2. The molecule has 2 aromatic rings. The Balaban J connectivity index is 1.56. The van der Waals surface area contributed by atoms with E-state index in [0.717, 1.165) is 17.0 Å². The van der Waals surface area contributed by atoms with E-state index in [1.54, 1.807) is 4.68 Å². The molecule has 1 aliphatic heterocycles. The second-order valence-corrected chi connectivity index (χ2v) is 5.97. The molecule has 0 spiro atoms. The van der Waals surface area contributed by atoms with Gasteiger partial charge in [0.2, 0.25) is 0 Å². The fourth-order valence-electron chi connectivity index (χ4n) is 2.76. The first-order valence-electron chi connectivity index (χ1n) is 8.48. The molecule has 1 aromatic carbocycles. The maximum atomic E-state index is 9.88. The molecule has 2 heterocycles. The van der Waals surface area contributed by atoms with Gasteiger partial charge in [-0.25, -0.2) is 0 Å². The summed E-state index contributed by atoms with van der Waals surface area (Å²) >= 11 is 0. The SMILES string of the molecule is CCOCCOc1ccc(-c2cn(C[C@@H]3NC[C@@H](O)[C@H]3O)nn2)cc1. The Morgan fingerprint density at radius 2 is 2.04 bits per heavy atom. The summed E-state index contributed by atoms with van der Waals surface area (Å²) in [5.74, 6) is 0.781. The van der Waals surface area contributed by atoms with Crippen LogP contribution in [0.5, 0.6) is 5.75 Å². The number of hydrogen-bond acceptors (Lipinski definition) is 7. The molecule has 0 saturated carbocycles. The van der Waals surface area contributed by atoms with Crippen molar-refractivity contribution in [2.75, 3.05) is 26.4 Å². The van der Waals surface area contributed by atoms with Crippen molar-refractivity contribution >= 4 is 0 Å². The number of benzene rings is 1. The summed E-state index contributed by atoms with van der Waals surface area (Å²) in [6, 6.07) is 7.40. The van der Waals surface area contributed by atoms with E-state index in [0.29, 0.717) is 32.9 Å². The summed E-state index contributed by atoms with van der Waals surface area (Å²) in [6.45, 7) is 4.56. The Morgan fingerprint density at radius 1 is 1.24 bits per heavy atom. The monoisotopic (exact) mass is 348 g/mol. The van der Waals surface area contributed by atoms with Gasteiger partial charge < -0.3 is 25.0 Å². The van der Waals surface area contributed by atoms with Gasteiger partial charge in [0, 0.05) is 18.7 Å². The third-order valence-corrected chi connectivity index (χ3v) is 4.17. The number of rotatable bonds is 8. The molecule has 1 saturated heterocycles. The van der Waals surface area contributed by atoms with E-state index in [9.17, 15) is 10.2 Å². The lowest BCUT2D eigenvalue weighted by molar-refractivity contribution is 0.0372. The first-order valence-corrected chi connectivity index (χ1v) is 8.48. The van der Waals surface area contributed by atoms with Gasteiger partial charge in [-0.3, -0.25) is 4.68 Å². The molecule has 25 heavy (non-hydrogen) atoms. The number of aliphatic hydroxyl groups excluding tert-OH is 2. The van der Waals surface area contributed by atoms with Crippen molar-refractivity contribution in [1.29, 1.82) is 0 Å². The Kier molecular flexibility index (Phi) is 5.98. The Labute approximate surface area is 146 Å². The molecule has 0 bridgehead atoms. The van der Waals surface area contributed by atoms with Gasteiger partial charge in [0.1, 0.15) is 18.1 Å². The van der Waals surface area contributed by atoms with Gasteiger partial charge in [-0.15, -0.1) is 5.10 Å². The smallest absolute Gasteiger partial charge is 0.119 e. The van der Waals surface area contributed by atoms with Crippen LogP contribution in [0.3, 0.4) is 0 Å². The fourth-order valence-corrected chi connectivity index (χ4v) is 2.76. The van der Waals surface area contributed by atoms with E-state index in [2.05, 4.69) is 15.6 Å². The molecule has 0 radical (unpaired) electrons. The van der Waals surface area contributed by atoms with Crippen LogP contribution in [-0.2, 0) is 11.3 Å². The molecule has 3 atom stereocenters. The van der Waals surface area contributed by atoms with Gasteiger partial charge in [0.15, 0.2) is 0 Å². The molecule has 3 rings (SSSR count). The van der Waals surface area contributed by atoms with Crippen LogP contribution < -0.4 is 10.1 Å². The fraction of sp³-hybridized carbons (Fsp3) is 0.529. The summed E-state index contributed by atoms with van der Waals surface area (Å²) < 4.78 is 12.5. The van der Waals surface area contributed by atoms with Crippen LogP contribution in [0.15, 0.2) is 30.5 Å². The maximum Gasteiger partial charge on any atom is 0.119 e. The average Bonchev–Trinajstić information content (AvgIpc) is 3.22. The molecular formula is C17H24N4O4. The minimum Gasteiger partial charge on any atom is -0.491 e. The van der Waals surface area contributed by atoms with Crippen molar-refractivity contribution in [3.8, 4) is 17.0 Å². The number of nitrogens with one attached hydrogen (secondary N) is 1. The van der Waals surface area contributed by atoms with Gasteiger partial charge in [0.25, 0.3) is 0 Å². The molecule has 1 fully saturated rings. The molecule has 8 heteroatoms. The normalized spacial score (nSPS) is 23.1. The van der Waals surface area contributed by atoms with Crippen molar-refractivity contribution in [3.63, 3.8) is 0 Å². The minimum atomic E-state index is -0.791. The van der Waals surface area contributed by atoms with E-state index in [-0.39, 0.29) is 6.04 Å². The van der Waals surface area contributed by atoms with Gasteiger partial charge in [-0.2, -0.15) is 0 Å². The van der Waals surface area contributed by atoms with Crippen molar-refractivity contribution in [2.45, 2.75) is 31.7 Å². The maximum absolute atomic E-state index is 9.88. The van der Waals surface area contributed by atoms with E-state index in [1.165, 1.54) is 0 Å². The lowest BCUT2D eigenvalue weighted by Crippen LogP contribution is -2.36. The zero-order valence-corrected chi connectivity index (χ0v) is 14.2. The van der Waals surface area contributed by atoms with E-state index in [1.807, 2.05) is 37.4 Å². The number of aromatic nitrogens is 3. The molecule has 3 N–H and O–H groups in total. The van der Waals surface area contributed by atoms with Crippen LogP contribution in [-0.4, -0.2) is 69.8 Å². The number of β-amino-alcohol motifs (C(OH)–C–C–N with tert-alkyl or cyclic N) is 1. The van der Waals surface area contributed by atoms with Gasteiger partial charge >= 0.3 is 0 Å². The molecule has 0 unspecified atom stereocenters. The number of hydrogen-bond donors (Lipinski definition) is 3. The largest absolute Gasteiger partial charge is 0.491 e. The zero-order chi connectivity index (χ0) is 17.6. The van der Waals surface area contributed by atoms with Crippen LogP contribution in [0.2, 0.25) is 0 Å². The molecular weight excluding hydrogens is 324 g/mol. The molecule has 136 valence electrons. The summed E-state index contributed by atoms with van der Waals surface area (Å²) in [5, 5.41) is 30.8. The summed E-state index contributed by atoms with van der Waals surface area (Å²) in [7, 11) is 0. The second-order valence-electron chi connectivity index (χ2n) is 5.97. The van der Waals surface area contributed by atoms with Crippen LogP contribution >= 0.6 is 0 Å². The lowest BCUT2D eigenvalue weighted by Gasteiger charge is -2.15. The van der Waals surface area contributed by atoms with E-state index >= 15 is 0 Å². The second kappa shape index (κ2) is 8.39. The first-order chi connectivity index (χ1) is 12.2. The average molecular weight is 348 g/mol. The van der Waals surface area contributed by atoms with Crippen LogP contribution in [0.1, 0.15) is 6.92 Å². The van der Waals surface area contributed by atoms with Gasteiger partial charge in [-0.05, 0) is 31.2 Å². The highest BCUT2D eigenvalue weighted by atomic mass is 16.5. The number of ether oxygens (including phenoxy) is 2. The highest BCUT2D eigenvalue weighted by Crippen LogP contribution is 2.20. The molecule has 1 aromatic heterocycles. The van der Waals surface area contributed by atoms with Crippen LogP contribution in [0.4, 0.5) is 0 Å². The van der Waals surface area contributed by atoms with E-state index < -0.39 is 12.2 Å². The molecule has 0 amide bonds. The molecule has 1 aliphatic rings. The minimum absolute atomic E-state index is 0.231. The van der Waals surface area contributed by atoms with Crippen molar-refractivity contribution in [2.24, 2.45) is 0 Å². The lowest BCUT2D eigenvalue weighted by atomic mass is 10.1. The zero-order valence-electron chi connectivity index (χ0n) is 14.2. The van der Waals surface area contributed by atoms with E-state index in [4.69, 9.17) is 9.47 Å². The highest BCUT2D eigenvalue weighted by molar-refractivity contribution is 5.58. The highest BCUT2D eigenvalue weighted by Gasteiger charge is 2.33. The van der Waals surface area contributed by atoms with Crippen molar-refractivity contribution in [3.05, 3.63) is 30.5 Å². The standard InChI is InChI=1S/C17H24N4O4/c1-2-24-7-8-25-13-5-3-12(4-6-13)14-10-21(20-19-14)11-15-17(23)16(22)9-18-15/h3-6,10,15-18,22-23H,2,7-9,11H2,1H3/t15-,16+,17-/m0/s1. The molecule has 8 nitrogen and oxygen atoms in total. The summed E-state index contributed by atoms with van der Waals surface area (Å²) in [6.07, 6.45) is 0.299. The van der Waals surface area contributed by atoms with Crippen molar-refractivity contribution < 1.29 is 19.7 Å². The summed E-state index contributed by atoms with van der Waals surface area (Å²) in [5.41, 5.74) is 1.68. The first kappa shape index (κ1) is 17.8. The molecule has 0 aliphatic carbocycles.